The van der Waals surface area contributed by atoms with E-state index in [4.69, 9.17) is 5.14 Å². The minimum atomic E-state index is -3.75. The first kappa shape index (κ1) is 13.2. The molecule has 19 heavy (non-hydrogen) atoms. The van der Waals surface area contributed by atoms with Crippen molar-refractivity contribution in [1.29, 1.82) is 0 Å². The molecular formula is C11H11N3O4S. The van der Waals surface area contributed by atoms with Crippen LogP contribution in [-0.4, -0.2) is 19.5 Å². The Morgan fingerprint density at radius 3 is 2.79 bits per heavy atom. The van der Waals surface area contributed by atoms with Gasteiger partial charge in [0.15, 0.2) is 5.69 Å². The number of carbonyl (C=O) groups excluding carboxylic acids is 1. The Morgan fingerprint density at radius 1 is 1.37 bits per heavy atom. The summed E-state index contributed by atoms with van der Waals surface area (Å²) in [5.41, 5.74) is 0.769. The number of nitrogens with one attached hydrogen (secondary N) is 1. The minimum absolute atomic E-state index is 0.000634. The second kappa shape index (κ2) is 5.21. The second-order valence-corrected chi connectivity index (χ2v) is 5.32. The van der Waals surface area contributed by atoms with Crippen molar-refractivity contribution in [3.05, 3.63) is 47.9 Å². The fourth-order valence-electron chi connectivity index (χ4n) is 1.43. The highest BCUT2D eigenvalue weighted by Gasteiger charge is 2.10. The van der Waals surface area contributed by atoms with Gasteiger partial charge in [-0.05, 0) is 17.7 Å². The van der Waals surface area contributed by atoms with Crippen molar-refractivity contribution in [2.45, 2.75) is 11.4 Å². The molecule has 1 amide bonds. The standard InChI is InChI=1S/C11H11N3O4S/c12-19(16,17)9-3-1-2-8(6-9)7-13-11(15)10-4-5-18-14-10/h1-6H,7H2,(H,13,15)(H2,12,16,17). The number of hydrogen-bond donors (Lipinski definition) is 2. The molecule has 0 fully saturated rings. The Kier molecular flexibility index (Phi) is 3.63. The molecule has 0 radical (unpaired) electrons. The van der Waals surface area contributed by atoms with Crippen LogP contribution in [0.25, 0.3) is 0 Å². The van der Waals surface area contributed by atoms with Crippen molar-refractivity contribution >= 4 is 15.9 Å². The van der Waals surface area contributed by atoms with E-state index < -0.39 is 15.9 Å². The SMILES string of the molecule is NS(=O)(=O)c1cccc(CNC(=O)c2ccon2)c1. The molecule has 2 rings (SSSR count). The third-order valence-electron chi connectivity index (χ3n) is 2.35. The number of aromatic nitrogens is 1. The summed E-state index contributed by atoms with van der Waals surface area (Å²) in [6.45, 7) is 0.162. The van der Waals surface area contributed by atoms with Crippen LogP contribution in [0.4, 0.5) is 0 Å². The fourth-order valence-corrected chi connectivity index (χ4v) is 2.02. The van der Waals surface area contributed by atoms with Crippen LogP contribution in [0.5, 0.6) is 0 Å². The number of amides is 1. The number of benzene rings is 1. The van der Waals surface area contributed by atoms with Gasteiger partial charge in [0.05, 0.1) is 4.90 Å². The Hall–Kier alpha value is -2.19. The van der Waals surface area contributed by atoms with Gasteiger partial charge in [-0.3, -0.25) is 4.79 Å². The van der Waals surface area contributed by atoms with Crippen molar-refractivity contribution in [2.75, 3.05) is 0 Å². The summed E-state index contributed by atoms with van der Waals surface area (Å²) >= 11 is 0. The molecule has 0 spiro atoms. The van der Waals surface area contributed by atoms with Crippen LogP contribution in [-0.2, 0) is 16.6 Å². The third kappa shape index (κ3) is 3.39. The maximum absolute atomic E-state index is 11.6. The first-order valence-corrected chi connectivity index (χ1v) is 6.82. The zero-order valence-electron chi connectivity index (χ0n) is 9.74. The average Bonchev–Trinajstić information content (AvgIpc) is 2.89. The summed E-state index contributed by atoms with van der Waals surface area (Å²) in [4.78, 5) is 11.6. The van der Waals surface area contributed by atoms with Crippen molar-refractivity contribution in [3.63, 3.8) is 0 Å². The summed E-state index contributed by atoms with van der Waals surface area (Å²) in [7, 11) is -3.75. The van der Waals surface area contributed by atoms with Crippen molar-refractivity contribution < 1.29 is 17.7 Å². The lowest BCUT2D eigenvalue weighted by Gasteiger charge is -2.05. The van der Waals surface area contributed by atoms with Crippen molar-refractivity contribution in [2.24, 2.45) is 5.14 Å². The van der Waals surface area contributed by atoms with E-state index in [1.807, 2.05) is 0 Å². The number of carbonyl (C=O) groups is 1. The van der Waals surface area contributed by atoms with Gasteiger partial charge in [-0.2, -0.15) is 0 Å². The zero-order valence-corrected chi connectivity index (χ0v) is 10.6. The maximum atomic E-state index is 11.6. The number of primary sulfonamides is 1. The molecule has 0 atom stereocenters. The molecule has 0 aliphatic rings. The highest BCUT2D eigenvalue weighted by molar-refractivity contribution is 7.89. The first-order valence-electron chi connectivity index (χ1n) is 5.27. The van der Waals surface area contributed by atoms with E-state index in [0.29, 0.717) is 5.56 Å². The number of nitrogens with zero attached hydrogens (tertiary/aromatic N) is 1. The lowest BCUT2D eigenvalue weighted by atomic mass is 10.2. The predicted molar refractivity (Wildman–Crippen MR) is 65.5 cm³/mol. The van der Waals surface area contributed by atoms with Gasteiger partial charge in [-0.1, -0.05) is 17.3 Å². The van der Waals surface area contributed by atoms with Gasteiger partial charge in [0.25, 0.3) is 5.91 Å². The number of sulfonamides is 1. The average molecular weight is 281 g/mol. The molecule has 3 N–H and O–H groups in total. The summed E-state index contributed by atoms with van der Waals surface area (Å²) in [5.74, 6) is -0.408. The number of rotatable bonds is 4. The molecule has 0 aliphatic heterocycles. The van der Waals surface area contributed by atoms with Crippen LogP contribution < -0.4 is 10.5 Å². The molecule has 8 heteroatoms. The van der Waals surface area contributed by atoms with Crippen LogP contribution in [0.1, 0.15) is 16.1 Å². The molecule has 7 nitrogen and oxygen atoms in total. The van der Waals surface area contributed by atoms with E-state index in [2.05, 4.69) is 15.0 Å². The normalized spacial score (nSPS) is 11.2. The van der Waals surface area contributed by atoms with Gasteiger partial charge in [0.1, 0.15) is 6.26 Å². The Balaban J connectivity index is 2.06. The molecule has 0 aliphatic carbocycles. The maximum Gasteiger partial charge on any atom is 0.273 e. The van der Waals surface area contributed by atoms with Gasteiger partial charge in [0, 0.05) is 12.6 Å². The van der Waals surface area contributed by atoms with Gasteiger partial charge in [-0.15, -0.1) is 0 Å². The van der Waals surface area contributed by atoms with Crippen molar-refractivity contribution in [3.8, 4) is 0 Å². The Labute approximate surface area is 109 Å². The van der Waals surface area contributed by atoms with E-state index in [9.17, 15) is 13.2 Å². The quantitative estimate of drug-likeness (QED) is 0.833. The monoisotopic (exact) mass is 281 g/mol. The molecule has 0 unspecified atom stereocenters. The van der Waals surface area contributed by atoms with Gasteiger partial charge in [0.2, 0.25) is 10.0 Å². The Morgan fingerprint density at radius 2 is 2.16 bits per heavy atom. The molecule has 1 aromatic heterocycles. The summed E-state index contributed by atoms with van der Waals surface area (Å²) in [5, 5.41) is 11.1. The van der Waals surface area contributed by atoms with E-state index in [0.717, 1.165) is 0 Å². The molecule has 1 heterocycles. The van der Waals surface area contributed by atoms with Crippen LogP contribution in [0.15, 0.2) is 46.0 Å². The molecule has 1 aromatic carbocycles. The molecule has 0 saturated carbocycles. The molecule has 0 bridgehead atoms. The largest absolute Gasteiger partial charge is 0.364 e. The molecule has 100 valence electrons. The highest BCUT2D eigenvalue weighted by atomic mass is 32.2. The smallest absolute Gasteiger partial charge is 0.273 e. The predicted octanol–water partition coefficient (Wildman–Crippen LogP) is 0.252. The first-order chi connectivity index (χ1) is 8.97. The zero-order chi connectivity index (χ0) is 13.9. The number of hydrogen-bond acceptors (Lipinski definition) is 5. The molecule has 2 aromatic rings. The molecule has 0 saturated heterocycles. The highest BCUT2D eigenvalue weighted by Crippen LogP contribution is 2.09. The van der Waals surface area contributed by atoms with Gasteiger partial charge >= 0.3 is 0 Å². The van der Waals surface area contributed by atoms with E-state index in [1.165, 1.54) is 24.5 Å². The van der Waals surface area contributed by atoms with E-state index >= 15 is 0 Å². The van der Waals surface area contributed by atoms with Crippen LogP contribution in [0.3, 0.4) is 0 Å². The second-order valence-electron chi connectivity index (χ2n) is 3.76. The summed E-state index contributed by atoms with van der Waals surface area (Å²) in [6, 6.07) is 7.45. The van der Waals surface area contributed by atoms with Crippen LogP contribution >= 0.6 is 0 Å². The third-order valence-corrected chi connectivity index (χ3v) is 3.26. The lowest BCUT2D eigenvalue weighted by molar-refractivity contribution is 0.0942. The van der Waals surface area contributed by atoms with Crippen molar-refractivity contribution in [1.82, 2.24) is 10.5 Å². The lowest BCUT2D eigenvalue weighted by Crippen LogP contribution is -2.23. The van der Waals surface area contributed by atoms with Crippen LogP contribution in [0, 0.1) is 0 Å². The molecular weight excluding hydrogens is 270 g/mol. The van der Waals surface area contributed by atoms with Gasteiger partial charge in [-0.25, -0.2) is 13.6 Å². The fraction of sp³-hybridized carbons (Fsp3) is 0.0909. The number of nitrogens with two attached hydrogens (primary N) is 1. The van der Waals surface area contributed by atoms with Crippen LogP contribution in [0.2, 0.25) is 0 Å². The summed E-state index contributed by atoms with van der Waals surface area (Å²) < 4.78 is 26.9. The van der Waals surface area contributed by atoms with Gasteiger partial charge < -0.3 is 9.84 Å². The Bertz CT molecular complexity index is 680. The summed E-state index contributed by atoms with van der Waals surface area (Å²) in [6.07, 6.45) is 1.29. The van der Waals surface area contributed by atoms with E-state index in [-0.39, 0.29) is 17.1 Å². The minimum Gasteiger partial charge on any atom is -0.364 e. The van der Waals surface area contributed by atoms with E-state index in [1.54, 1.807) is 12.1 Å². The topological polar surface area (TPSA) is 115 Å².